The number of benzene rings is 1. The number of hydrogen-bond donors (Lipinski definition) is 2. The molecule has 7 nitrogen and oxygen atoms in total. The van der Waals surface area contributed by atoms with Gasteiger partial charge >= 0.3 is 11.7 Å². The van der Waals surface area contributed by atoms with Gasteiger partial charge in [-0.2, -0.15) is 0 Å². The zero-order valence-corrected chi connectivity index (χ0v) is 14.2. The van der Waals surface area contributed by atoms with Crippen molar-refractivity contribution in [1.29, 1.82) is 0 Å². The lowest BCUT2D eigenvalue weighted by Crippen LogP contribution is -2.26. The SMILES string of the molecule is COc1ccc2c(c1)n(CC1CCCCC1)c(=O)n2C.O=C1NN1. The van der Waals surface area contributed by atoms with Crippen LogP contribution < -0.4 is 21.3 Å². The number of hydrogen-bond acceptors (Lipinski definition) is 3. The molecule has 2 N–H and O–H groups in total. The van der Waals surface area contributed by atoms with Crippen LogP contribution >= 0.6 is 0 Å². The predicted molar refractivity (Wildman–Crippen MR) is 92.0 cm³/mol. The topological polar surface area (TPSA) is 97.1 Å². The average Bonchev–Trinajstić information content (AvgIpc) is 3.37. The van der Waals surface area contributed by atoms with Crippen molar-refractivity contribution in [3.8, 4) is 5.75 Å². The Hall–Kier alpha value is -2.44. The van der Waals surface area contributed by atoms with Gasteiger partial charge in [-0.3, -0.25) is 9.13 Å². The smallest absolute Gasteiger partial charge is 0.352 e. The molecule has 2 aromatic rings. The first-order valence-electron chi connectivity index (χ1n) is 8.39. The Bertz CT molecular complexity index is 781. The molecule has 2 aliphatic rings. The average molecular weight is 332 g/mol. The standard InChI is InChI=1S/C16H22N2O2.CH2N2O/c1-17-14-9-8-13(20-2)10-15(14)18(16(17)19)11-12-6-4-3-5-7-12;4-1-2-3-1/h8-10,12H,3-7,11H2,1-2H3;(H2,2,3,4). The molecule has 0 radical (unpaired) electrons. The monoisotopic (exact) mass is 332 g/mol. The highest BCUT2D eigenvalue weighted by Crippen LogP contribution is 2.27. The van der Waals surface area contributed by atoms with Crippen LogP contribution in [0.2, 0.25) is 0 Å². The van der Waals surface area contributed by atoms with Crippen LogP contribution in [-0.2, 0) is 13.6 Å². The van der Waals surface area contributed by atoms with E-state index in [1.165, 1.54) is 32.1 Å². The van der Waals surface area contributed by atoms with Gasteiger partial charge in [-0.05, 0) is 30.9 Å². The van der Waals surface area contributed by atoms with E-state index in [4.69, 9.17) is 4.74 Å². The predicted octanol–water partition coefficient (Wildman–Crippen LogP) is 2.14. The van der Waals surface area contributed by atoms with E-state index in [9.17, 15) is 9.59 Å². The molecule has 0 spiro atoms. The fourth-order valence-electron chi connectivity index (χ4n) is 3.35. The number of urea groups is 1. The summed E-state index contributed by atoms with van der Waals surface area (Å²) in [5, 5.41) is 0. The Balaban J connectivity index is 0.000000370. The van der Waals surface area contributed by atoms with E-state index >= 15 is 0 Å². The van der Waals surface area contributed by atoms with Gasteiger partial charge in [0.15, 0.2) is 0 Å². The summed E-state index contributed by atoms with van der Waals surface area (Å²) in [6.45, 7) is 0.837. The van der Waals surface area contributed by atoms with E-state index in [2.05, 4.69) is 10.9 Å². The highest BCUT2D eigenvalue weighted by atomic mass is 16.5. The third-order valence-corrected chi connectivity index (χ3v) is 4.75. The Morgan fingerprint density at radius 1 is 1.12 bits per heavy atom. The minimum Gasteiger partial charge on any atom is -0.497 e. The molecule has 0 unspecified atom stereocenters. The number of nitrogens with zero attached hydrogens (tertiary/aromatic N) is 2. The Morgan fingerprint density at radius 3 is 2.38 bits per heavy atom. The summed E-state index contributed by atoms with van der Waals surface area (Å²) in [5.41, 5.74) is 6.47. The van der Waals surface area contributed by atoms with Crippen molar-refractivity contribution in [2.24, 2.45) is 13.0 Å². The number of amides is 2. The van der Waals surface area contributed by atoms with Gasteiger partial charge in [0.2, 0.25) is 0 Å². The number of aromatic nitrogens is 2. The molecule has 1 saturated carbocycles. The number of nitrogens with one attached hydrogen (secondary N) is 2. The van der Waals surface area contributed by atoms with E-state index in [0.717, 1.165) is 23.3 Å². The van der Waals surface area contributed by atoms with Crippen LogP contribution in [0.5, 0.6) is 5.75 Å². The number of rotatable bonds is 3. The third-order valence-electron chi connectivity index (χ3n) is 4.75. The van der Waals surface area contributed by atoms with Crippen LogP contribution in [0.4, 0.5) is 4.79 Å². The lowest BCUT2D eigenvalue weighted by molar-refractivity contribution is 0.266. The van der Waals surface area contributed by atoms with Crippen LogP contribution in [-0.4, -0.2) is 22.3 Å². The van der Waals surface area contributed by atoms with Gasteiger partial charge in [0.05, 0.1) is 18.1 Å². The summed E-state index contributed by atoms with van der Waals surface area (Å²) < 4.78 is 8.95. The number of hydrazine groups is 1. The van der Waals surface area contributed by atoms with Crippen molar-refractivity contribution in [2.75, 3.05) is 7.11 Å². The van der Waals surface area contributed by atoms with Crippen molar-refractivity contribution < 1.29 is 9.53 Å². The van der Waals surface area contributed by atoms with E-state index in [1.54, 1.807) is 11.7 Å². The van der Waals surface area contributed by atoms with Gasteiger partial charge in [0, 0.05) is 19.7 Å². The number of ether oxygens (including phenoxy) is 1. The summed E-state index contributed by atoms with van der Waals surface area (Å²) in [7, 11) is 3.50. The summed E-state index contributed by atoms with van der Waals surface area (Å²) in [6.07, 6.45) is 6.43. The number of carbonyl (C=O) groups excluding carboxylic acids is 1. The van der Waals surface area contributed by atoms with Crippen molar-refractivity contribution in [3.05, 3.63) is 28.7 Å². The van der Waals surface area contributed by atoms with Gasteiger partial charge < -0.3 is 4.74 Å². The van der Waals surface area contributed by atoms with E-state index in [0.29, 0.717) is 5.92 Å². The van der Waals surface area contributed by atoms with Crippen LogP contribution in [0.25, 0.3) is 11.0 Å². The highest BCUT2D eigenvalue weighted by Gasteiger charge is 2.18. The Kier molecular flexibility index (Phi) is 4.78. The lowest BCUT2D eigenvalue weighted by Gasteiger charge is -2.21. The van der Waals surface area contributed by atoms with E-state index in [-0.39, 0.29) is 11.7 Å². The molecule has 2 heterocycles. The first kappa shape index (κ1) is 16.4. The van der Waals surface area contributed by atoms with Crippen LogP contribution in [0.15, 0.2) is 23.0 Å². The van der Waals surface area contributed by atoms with E-state index in [1.807, 2.05) is 29.8 Å². The van der Waals surface area contributed by atoms with Gasteiger partial charge in [0.25, 0.3) is 0 Å². The normalized spacial score (nSPS) is 16.8. The van der Waals surface area contributed by atoms with Crippen molar-refractivity contribution >= 4 is 17.1 Å². The molecule has 1 saturated heterocycles. The molecule has 1 aliphatic carbocycles. The van der Waals surface area contributed by atoms with Crippen LogP contribution in [0.3, 0.4) is 0 Å². The zero-order valence-electron chi connectivity index (χ0n) is 14.2. The fraction of sp³-hybridized carbons (Fsp3) is 0.529. The first-order chi connectivity index (χ1) is 11.6. The Morgan fingerprint density at radius 2 is 1.79 bits per heavy atom. The summed E-state index contributed by atoms with van der Waals surface area (Å²) in [5.74, 6) is 1.44. The molecule has 0 bridgehead atoms. The second kappa shape index (κ2) is 6.98. The van der Waals surface area contributed by atoms with Crippen LogP contribution in [0, 0.1) is 5.92 Å². The Labute approximate surface area is 140 Å². The van der Waals surface area contributed by atoms with Gasteiger partial charge in [0.1, 0.15) is 5.75 Å². The largest absolute Gasteiger partial charge is 0.497 e. The van der Waals surface area contributed by atoms with E-state index < -0.39 is 0 Å². The lowest BCUT2D eigenvalue weighted by atomic mass is 9.89. The number of aryl methyl sites for hydroxylation is 1. The minimum absolute atomic E-state index is 0.0822. The maximum absolute atomic E-state index is 12.4. The molecule has 2 amide bonds. The second-order valence-corrected chi connectivity index (χ2v) is 6.39. The molecule has 1 aromatic carbocycles. The van der Waals surface area contributed by atoms with Crippen molar-refractivity contribution in [3.63, 3.8) is 0 Å². The maximum atomic E-state index is 12.4. The molecule has 24 heavy (non-hydrogen) atoms. The summed E-state index contributed by atoms with van der Waals surface area (Å²) in [6, 6.07) is 5.76. The van der Waals surface area contributed by atoms with Crippen molar-refractivity contribution in [1.82, 2.24) is 20.0 Å². The van der Waals surface area contributed by atoms with Crippen LogP contribution in [0.1, 0.15) is 32.1 Å². The molecule has 4 rings (SSSR count). The number of carbonyl (C=O) groups is 1. The summed E-state index contributed by atoms with van der Waals surface area (Å²) in [4.78, 5) is 21.8. The number of methoxy groups -OCH3 is 1. The molecule has 2 fully saturated rings. The molecular weight excluding hydrogens is 308 g/mol. The molecule has 1 aromatic heterocycles. The third kappa shape index (κ3) is 3.55. The van der Waals surface area contributed by atoms with Crippen molar-refractivity contribution in [2.45, 2.75) is 38.6 Å². The maximum Gasteiger partial charge on any atom is 0.352 e. The van der Waals surface area contributed by atoms with Gasteiger partial charge in [-0.1, -0.05) is 19.3 Å². The second-order valence-electron chi connectivity index (χ2n) is 6.39. The quantitative estimate of drug-likeness (QED) is 0.843. The molecular formula is C17H24N4O3. The van der Waals surface area contributed by atoms with Gasteiger partial charge in [-0.15, -0.1) is 0 Å². The molecule has 7 heteroatoms. The number of fused-ring (bicyclic) bond motifs is 1. The molecule has 0 atom stereocenters. The molecule has 1 aliphatic heterocycles. The summed E-state index contributed by atoms with van der Waals surface area (Å²) >= 11 is 0. The fourth-order valence-corrected chi connectivity index (χ4v) is 3.35. The number of imidazole rings is 1. The first-order valence-corrected chi connectivity index (χ1v) is 8.39. The molecule has 130 valence electrons. The highest BCUT2D eigenvalue weighted by molar-refractivity contribution is 5.85. The minimum atomic E-state index is -0.0833. The zero-order chi connectivity index (χ0) is 17.1. The van der Waals surface area contributed by atoms with Gasteiger partial charge in [-0.25, -0.2) is 20.4 Å².